The first kappa shape index (κ1) is 41.9. The van der Waals surface area contributed by atoms with Crippen LogP contribution in [0.5, 0.6) is 11.5 Å². The van der Waals surface area contributed by atoms with Crippen LogP contribution >= 0.6 is 11.3 Å². The fraction of sp³-hybridized carbons (Fsp3) is 0.467. The number of carbonyl (C=O) groups is 2. The second kappa shape index (κ2) is 17.4. The second-order valence-corrected chi connectivity index (χ2v) is 18.5. The molecule has 0 saturated carbocycles. The second-order valence-electron chi connectivity index (χ2n) is 17.4. The average molecular weight is 863 g/mol. The molecule has 326 valence electrons. The number of amides is 2. The number of fused-ring (bicyclic) bond motifs is 2. The van der Waals surface area contributed by atoms with Crippen LogP contribution in [0.2, 0.25) is 0 Å². The summed E-state index contributed by atoms with van der Waals surface area (Å²) >= 11 is 1.70. The molecule has 16 nitrogen and oxygen atoms in total. The topological polar surface area (TPSA) is 198 Å². The van der Waals surface area contributed by atoms with Crippen molar-refractivity contribution in [3.05, 3.63) is 81.5 Å². The fourth-order valence-corrected chi connectivity index (χ4v) is 10.2. The molecular weight excluding hydrogens is 809 g/mol. The van der Waals surface area contributed by atoms with Crippen LogP contribution in [-0.2, 0) is 35.7 Å². The number of nitrogens with zero attached hydrogens (tertiary/aromatic N) is 9. The number of benzene rings is 2. The predicted octanol–water partition coefficient (Wildman–Crippen LogP) is 4.32. The highest BCUT2D eigenvalue weighted by Gasteiger charge is 2.37. The number of rotatable bonds is 10. The number of phenols is 2. The molecular formula is C45H54N10O6S. The van der Waals surface area contributed by atoms with E-state index in [0.29, 0.717) is 82.3 Å². The number of hydrogen-bond donors (Lipinski definition) is 4. The van der Waals surface area contributed by atoms with Crippen LogP contribution in [0.15, 0.2) is 48.8 Å². The van der Waals surface area contributed by atoms with Gasteiger partial charge in [0, 0.05) is 102 Å². The SMILES string of the molecule is CC(C)c1cc(C(=O)N2Cc3ccc(CN4CCN(C(=O)CC5(O)CCN(Cc6cc7nc(-c8cnc(N)nc8)nc(N8CCOCC8)c7s6)CC5)CC4)cc3C2)c(O)cc1O. The number of ether oxygens (including phenoxy) is 1. The van der Waals surface area contributed by atoms with E-state index in [0.717, 1.165) is 76.9 Å². The zero-order valence-electron chi connectivity index (χ0n) is 35.3. The van der Waals surface area contributed by atoms with Gasteiger partial charge in [-0.05, 0) is 53.1 Å². The monoisotopic (exact) mass is 862 g/mol. The van der Waals surface area contributed by atoms with Crippen LogP contribution in [0.25, 0.3) is 21.6 Å². The molecule has 4 aliphatic rings. The number of aliphatic hydroxyl groups is 1. The number of anilines is 2. The Balaban J connectivity index is 0.758. The summed E-state index contributed by atoms with van der Waals surface area (Å²) in [5.74, 6) is 1.14. The van der Waals surface area contributed by atoms with Gasteiger partial charge in [0.05, 0.1) is 46.6 Å². The van der Waals surface area contributed by atoms with Crippen LogP contribution in [0, 0.1) is 0 Å². The summed E-state index contributed by atoms with van der Waals surface area (Å²) < 4.78 is 6.65. The lowest BCUT2D eigenvalue weighted by Gasteiger charge is -2.40. The van der Waals surface area contributed by atoms with Crippen LogP contribution < -0.4 is 10.6 Å². The lowest BCUT2D eigenvalue weighted by molar-refractivity contribution is -0.140. The van der Waals surface area contributed by atoms with Gasteiger partial charge in [0.1, 0.15) is 11.5 Å². The fourth-order valence-electron chi connectivity index (χ4n) is 9.03. The summed E-state index contributed by atoms with van der Waals surface area (Å²) in [4.78, 5) is 56.9. The molecule has 62 heavy (non-hydrogen) atoms. The van der Waals surface area contributed by atoms with E-state index in [1.807, 2.05) is 18.7 Å². The highest BCUT2D eigenvalue weighted by atomic mass is 32.1. The molecule has 5 aromatic rings. The Kier molecular flexibility index (Phi) is 11.7. The third-order valence-corrected chi connectivity index (χ3v) is 13.8. The van der Waals surface area contributed by atoms with Gasteiger partial charge in [0.2, 0.25) is 11.9 Å². The molecule has 0 atom stereocenters. The maximum Gasteiger partial charge on any atom is 0.258 e. The standard InChI is InChI=1S/C45H54N10O6S/c1-28(2)34-19-35(38(57)20-37(34)56)43(59)55-25-30-4-3-29(17-31(30)26-55)24-52-9-11-53(12-10-52)39(58)21-45(60)5-7-51(8-6-45)27-33-18-36-40(62-33)42(54-13-15-61-16-14-54)50-41(49-36)32-22-47-44(46)48-23-32/h3-4,17-20,22-23,28,56-57,60H,5-16,21,24-27H2,1-2H3,(H2,46,47,48). The van der Waals surface area contributed by atoms with Crippen molar-refractivity contribution in [1.82, 2.24) is 39.5 Å². The number of thiophene rings is 1. The number of nitrogen functional groups attached to an aromatic ring is 1. The molecule has 5 N–H and O–H groups in total. The Hall–Kier alpha value is -5.46. The molecule has 17 heteroatoms. The highest BCUT2D eigenvalue weighted by molar-refractivity contribution is 7.19. The van der Waals surface area contributed by atoms with Gasteiger partial charge < -0.3 is 40.5 Å². The van der Waals surface area contributed by atoms with Crippen molar-refractivity contribution in [3.8, 4) is 22.9 Å². The number of likely N-dealkylation sites (tertiary alicyclic amines) is 1. The molecule has 3 fully saturated rings. The molecule has 0 unspecified atom stereocenters. The van der Waals surface area contributed by atoms with E-state index < -0.39 is 5.60 Å². The minimum absolute atomic E-state index is 0.00284. The van der Waals surface area contributed by atoms with Crippen LogP contribution in [-0.4, -0.2) is 138 Å². The Labute approximate surface area is 364 Å². The van der Waals surface area contributed by atoms with E-state index in [-0.39, 0.29) is 47.2 Å². The summed E-state index contributed by atoms with van der Waals surface area (Å²) in [5, 5.41) is 32.4. The number of hydrogen-bond acceptors (Lipinski definition) is 15. The molecule has 0 spiro atoms. The lowest BCUT2D eigenvalue weighted by atomic mass is 9.87. The number of piperidine rings is 1. The summed E-state index contributed by atoms with van der Waals surface area (Å²) in [6, 6.07) is 11.3. The van der Waals surface area contributed by atoms with Crippen molar-refractivity contribution in [2.75, 3.05) is 76.2 Å². The normalized spacial score (nSPS) is 18.5. The first-order valence-electron chi connectivity index (χ1n) is 21.5. The van der Waals surface area contributed by atoms with E-state index in [4.69, 9.17) is 20.4 Å². The Morgan fingerprint density at radius 2 is 1.55 bits per heavy atom. The molecule has 0 radical (unpaired) electrons. The van der Waals surface area contributed by atoms with Gasteiger partial charge in [-0.15, -0.1) is 11.3 Å². The smallest absolute Gasteiger partial charge is 0.258 e. The van der Waals surface area contributed by atoms with Gasteiger partial charge in [-0.25, -0.2) is 19.9 Å². The zero-order valence-corrected chi connectivity index (χ0v) is 36.1. The van der Waals surface area contributed by atoms with Crippen LogP contribution in [0.4, 0.5) is 11.8 Å². The number of nitrogens with two attached hydrogens (primary N) is 1. The van der Waals surface area contributed by atoms with E-state index >= 15 is 0 Å². The number of carbonyl (C=O) groups excluding carboxylic acids is 2. The minimum atomic E-state index is -1.03. The number of piperazine rings is 1. The highest BCUT2D eigenvalue weighted by Crippen LogP contribution is 2.37. The number of morpholine rings is 1. The first-order chi connectivity index (χ1) is 29.9. The third kappa shape index (κ3) is 8.90. The summed E-state index contributed by atoms with van der Waals surface area (Å²) in [5.41, 5.74) is 10.4. The number of aromatic hydroxyl groups is 2. The lowest BCUT2D eigenvalue weighted by Crippen LogP contribution is -2.51. The average Bonchev–Trinajstić information content (AvgIpc) is 3.88. The van der Waals surface area contributed by atoms with E-state index in [1.165, 1.54) is 6.07 Å². The van der Waals surface area contributed by atoms with Gasteiger partial charge in [0.15, 0.2) is 11.6 Å². The molecule has 0 bridgehead atoms. The van der Waals surface area contributed by atoms with E-state index in [9.17, 15) is 24.9 Å². The van der Waals surface area contributed by atoms with Crippen LogP contribution in [0.1, 0.15) is 76.5 Å². The molecule has 3 saturated heterocycles. The van der Waals surface area contributed by atoms with Gasteiger partial charge in [0.25, 0.3) is 5.91 Å². The Bertz CT molecular complexity index is 2460. The first-order valence-corrected chi connectivity index (χ1v) is 22.3. The molecule has 3 aromatic heterocycles. The van der Waals surface area contributed by atoms with Gasteiger partial charge in [-0.2, -0.15) is 0 Å². The summed E-state index contributed by atoms with van der Waals surface area (Å²) in [6.07, 6.45) is 4.48. The predicted molar refractivity (Wildman–Crippen MR) is 236 cm³/mol. The molecule has 0 aliphatic carbocycles. The van der Waals surface area contributed by atoms with Gasteiger partial charge >= 0.3 is 0 Å². The molecule has 4 aliphatic heterocycles. The molecule has 2 aromatic carbocycles. The van der Waals surface area contributed by atoms with Crippen molar-refractivity contribution in [1.29, 1.82) is 0 Å². The largest absolute Gasteiger partial charge is 0.508 e. The van der Waals surface area contributed by atoms with Crippen molar-refractivity contribution < 1.29 is 29.6 Å². The van der Waals surface area contributed by atoms with Crippen molar-refractivity contribution in [2.24, 2.45) is 0 Å². The summed E-state index contributed by atoms with van der Waals surface area (Å²) in [7, 11) is 0. The molecule has 7 heterocycles. The molecule has 2 amide bonds. The van der Waals surface area contributed by atoms with Gasteiger partial charge in [-0.3, -0.25) is 19.4 Å². The maximum atomic E-state index is 13.6. The van der Waals surface area contributed by atoms with Crippen LogP contribution in [0.3, 0.4) is 0 Å². The van der Waals surface area contributed by atoms with Crippen molar-refractivity contribution in [2.45, 2.75) is 70.8 Å². The number of phenolic OH excluding ortho intramolecular Hbond substituents is 2. The Morgan fingerprint density at radius 3 is 2.27 bits per heavy atom. The number of aromatic nitrogens is 4. The van der Waals surface area contributed by atoms with Crippen molar-refractivity contribution >= 4 is 45.1 Å². The maximum absolute atomic E-state index is 13.6. The quantitative estimate of drug-likeness (QED) is 0.155. The van der Waals surface area contributed by atoms with Crippen molar-refractivity contribution in [3.63, 3.8) is 0 Å². The van der Waals surface area contributed by atoms with Gasteiger partial charge in [-0.1, -0.05) is 32.0 Å². The minimum Gasteiger partial charge on any atom is -0.508 e. The Morgan fingerprint density at radius 1 is 0.839 bits per heavy atom. The van der Waals surface area contributed by atoms with E-state index in [2.05, 4.69) is 48.9 Å². The summed E-state index contributed by atoms with van der Waals surface area (Å²) in [6.45, 7) is 13.1. The van der Waals surface area contributed by atoms with E-state index in [1.54, 1.807) is 34.7 Å². The zero-order chi connectivity index (χ0) is 43.1. The third-order valence-electron chi connectivity index (χ3n) is 12.7. The molecule has 9 rings (SSSR count).